The predicted molar refractivity (Wildman–Crippen MR) is 126 cm³/mol. The van der Waals surface area contributed by atoms with Crippen LogP contribution in [0.15, 0.2) is 30.3 Å². The van der Waals surface area contributed by atoms with Gasteiger partial charge in [0.15, 0.2) is 18.1 Å². The molecule has 2 aromatic carbocycles. The highest BCUT2D eigenvalue weighted by Gasteiger charge is 2.47. The van der Waals surface area contributed by atoms with Crippen molar-refractivity contribution in [1.29, 1.82) is 0 Å². The highest BCUT2D eigenvalue weighted by Crippen LogP contribution is 2.38. The smallest absolute Gasteiger partial charge is 0.339 e. The Morgan fingerprint density at radius 1 is 1.15 bits per heavy atom. The Kier molecular flexibility index (Phi) is 9.42. The van der Waals surface area contributed by atoms with E-state index in [1.165, 1.54) is 13.2 Å². The van der Waals surface area contributed by atoms with Gasteiger partial charge in [0.25, 0.3) is 0 Å². The maximum absolute atomic E-state index is 12.9. The molecule has 3 N–H and O–H groups in total. The van der Waals surface area contributed by atoms with E-state index in [-0.39, 0.29) is 28.0 Å². The van der Waals surface area contributed by atoms with Crippen molar-refractivity contribution in [2.45, 2.75) is 44.1 Å². The van der Waals surface area contributed by atoms with E-state index in [2.05, 4.69) is 0 Å². The third kappa shape index (κ3) is 5.95. The number of carbonyl (C=O) groups is 1. The van der Waals surface area contributed by atoms with Gasteiger partial charge in [-0.25, -0.2) is 4.79 Å². The summed E-state index contributed by atoms with van der Waals surface area (Å²) in [4.78, 5) is 12.9. The van der Waals surface area contributed by atoms with Gasteiger partial charge in [-0.2, -0.15) is 0 Å². The van der Waals surface area contributed by atoms with Gasteiger partial charge in [0.2, 0.25) is 0 Å². The van der Waals surface area contributed by atoms with Crippen molar-refractivity contribution < 1.29 is 39.1 Å². The molecule has 1 fully saturated rings. The first-order valence-corrected chi connectivity index (χ1v) is 11.5. The van der Waals surface area contributed by atoms with Crippen molar-refractivity contribution in [3.63, 3.8) is 0 Å². The highest BCUT2D eigenvalue weighted by atomic mass is 35.5. The zero-order chi connectivity index (χ0) is 25.0. The third-order valence-corrected chi connectivity index (χ3v) is 6.44. The molecular weight excluding hydrogens is 511 g/mol. The number of ether oxygens (including phenoxy) is 4. The summed E-state index contributed by atoms with van der Waals surface area (Å²) >= 11 is 18.8. The van der Waals surface area contributed by atoms with Gasteiger partial charge in [-0.05, 0) is 36.2 Å². The largest absolute Gasteiger partial charge is 0.490 e. The number of hydrogen-bond donors (Lipinski definition) is 3. The second-order valence-corrected chi connectivity index (χ2v) is 8.94. The van der Waals surface area contributed by atoms with E-state index in [9.17, 15) is 20.1 Å². The quantitative estimate of drug-likeness (QED) is 0.442. The summed E-state index contributed by atoms with van der Waals surface area (Å²) in [6.45, 7) is 1.31. The topological polar surface area (TPSA) is 115 Å². The number of carbonyl (C=O) groups excluding carboxylic acids is 1. The average Bonchev–Trinajstić information content (AvgIpc) is 2.81. The summed E-state index contributed by atoms with van der Waals surface area (Å²) in [5, 5.41) is 30.6. The number of halogens is 3. The summed E-state index contributed by atoms with van der Waals surface area (Å²) in [7, 11) is 1.28. The van der Waals surface area contributed by atoms with E-state index in [1.807, 2.05) is 18.2 Å². The van der Waals surface area contributed by atoms with Crippen LogP contribution in [0.4, 0.5) is 0 Å². The number of benzene rings is 2. The lowest BCUT2D eigenvalue weighted by Crippen LogP contribution is -2.60. The second kappa shape index (κ2) is 11.9. The van der Waals surface area contributed by atoms with Gasteiger partial charge in [0.1, 0.15) is 18.3 Å². The molecule has 0 unspecified atom stereocenters. The molecule has 1 heterocycles. The number of esters is 1. The maximum atomic E-state index is 12.9. The van der Waals surface area contributed by atoms with Crippen LogP contribution in [0.5, 0.6) is 5.75 Å². The molecule has 8 nitrogen and oxygen atoms in total. The lowest BCUT2D eigenvalue weighted by molar-refractivity contribution is -0.293. The molecule has 0 amide bonds. The van der Waals surface area contributed by atoms with Gasteiger partial charge in [0.05, 0.1) is 28.8 Å². The minimum Gasteiger partial charge on any atom is -0.490 e. The van der Waals surface area contributed by atoms with Crippen LogP contribution < -0.4 is 4.74 Å². The molecule has 3 rings (SSSR count). The number of methoxy groups -OCH3 is 1. The first kappa shape index (κ1) is 27.0. The van der Waals surface area contributed by atoms with Crippen LogP contribution in [0.25, 0.3) is 0 Å². The molecule has 34 heavy (non-hydrogen) atoms. The van der Waals surface area contributed by atoms with Gasteiger partial charge in [-0.3, -0.25) is 0 Å². The van der Waals surface area contributed by atoms with Crippen molar-refractivity contribution in [2.75, 3.05) is 20.3 Å². The normalized spacial score (nSPS) is 24.6. The van der Waals surface area contributed by atoms with E-state index in [0.29, 0.717) is 17.0 Å². The fourth-order valence-electron chi connectivity index (χ4n) is 3.56. The number of aliphatic hydroxyl groups excluding tert-OH is 3. The average molecular weight is 536 g/mol. The maximum Gasteiger partial charge on any atom is 0.339 e. The Hall–Kier alpha value is -1.62. The molecule has 0 aliphatic carbocycles. The third-order valence-electron chi connectivity index (χ3n) is 5.47. The first-order valence-electron chi connectivity index (χ1n) is 10.4. The van der Waals surface area contributed by atoms with Crippen molar-refractivity contribution >= 4 is 40.8 Å². The molecular formula is C23H25Cl3O8. The first-order chi connectivity index (χ1) is 16.2. The van der Waals surface area contributed by atoms with E-state index >= 15 is 0 Å². The van der Waals surface area contributed by atoms with E-state index < -0.39 is 43.3 Å². The monoisotopic (exact) mass is 534 g/mol. The molecule has 11 heteroatoms. The SMILES string of the molecule is CO[C@H]1O[C@H](CO)[C@@H](O)[C@H](O)[C@H]1OC(=O)c1cc(Cl)c(OCCc2cccc(Cl)c2)c(Cl)c1C. The van der Waals surface area contributed by atoms with Crippen LogP contribution in [0.3, 0.4) is 0 Å². The van der Waals surface area contributed by atoms with Gasteiger partial charge in [0, 0.05) is 18.6 Å². The van der Waals surface area contributed by atoms with Crippen LogP contribution in [0.2, 0.25) is 15.1 Å². The molecule has 2 aromatic rings. The molecule has 0 radical (unpaired) electrons. The second-order valence-electron chi connectivity index (χ2n) is 7.71. The van der Waals surface area contributed by atoms with Gasteiger partial charge >= 0.3 is 5.97 Å². The standard InChI is InChI=1S/C23H25Cl3O8/c1-11-14(22(30)34-21-19(29)18(28)16(10-27)33-23(21)31-2)9-15(25)20(17(11)26)32-7-6-12-4-3-5-13(24)8-12/h3-5,8-9,16,18-19,21,23,27-29H,6-7,10H2,1-2H3/t16-,18-,19+,21-,23+/m1/s1. The minimum absolute atomic E-state index is 0.0398. The van der Waals surface area contributed by atoms with Crippen molar-refractivity contribution in [2.24, 2.45) is 0 Å². The molecule has 1 saturated heterocycles. The van der Waals surface area contributed by atoms with Gasteiger partial charge in [-0.1, -0.05) is 46.9 Å². The summed E-state index contributed by atoms with van der Waals surface area (Å²) in [5.41, 5.74) is 1.36. The minimum atomic E-state index is -1.56. The Bertz CT molecular complexity index is 1020. The summed E-state index contributed by atoms with van der Waals surface area (Å²) in [5.74, 6) is -0.646. The molecule has 0 saturated carbocycles. The zero-order valence-corrected chi connectivity index (χ0v) is 20.7. The molecule has 0 spiro atoms. The molecule has 0 bridgehead atoms. The van der Waals surface area contributed by atoms with Gasteiger partial charge < -0.3 is 34.3 Å². The van der Waals surface area contributed by atoms with Crippen LogP contribution in [-0.2, 0) is 20.6 Å². The summed E-state index contributed by atoms with van der Waals surface area (Å²) in [6, 6.07) is 8.71. The van der Waals surface area contributed by atoms with E-state index in [4.69, 9.17) is 53.8 Å². The molecule has 0 aromatic heterocycles. The highest BCUT2D eigenvalue weighted by molar-refractivity contribution is 6.38. The lowest BCUT2D eigenvalue weighted by Gasteiger charge is -2.40. The molecule has 1 aliphatic rings. The Morgan fingerprint density at radius 2 is 1.88 bits per heavy atom. The summed E-state index contributed by atoms with van der Waals surface area (Å²) in [6.07, 6.45) is -6.15. The fourth-order valence-corrected chi connectivity index (χ4v) is 4.34. The van der Waals surface area contributed by atoms with Crippen LogP contribution in [0, 0.1) is 6.92 Å². The number of hydrogen-bond acceptors (Lipinski definition) is 8. The van der Waals surface area contributed by atoms with E-state index in [1.54, 1.807) is 13.0 Å². The lowest BCUT2D eigenvalue weighted by atomic mass is 9.99. The number of aliphatic hydroxyl groups is 3. The van der Waals surface area contributed by atoms with Crippen molar-refractivity contribution in [1.82, 2.24) is 0 Å². The molecule has 5 atom stereocenters. The fraction of sp³-hybridized carbons (Fsp3) is 0.435. The van der Waals surface area contributed by atoms with Crippen LogP contribution >= 0.6 is 34.8 Å². The van der Waals surface area contributed by atoms with Crippen molar-refractivity contribution in [3.05, 3.63) is 62.1 Å². The molecule has 1 aliphatic heterocycles. The van der Waals surface area contributed by atoms with Gasteiger partial charge in [-0.15, -0.1) is 0 Å². The zero-order valence-electron chi connectivity index (χ0n) is 18.4. The number of rotatable bonds is 8. The van der Waals surface area contributed by atoms with Crippen molar-refractivity contribution in [3.8, 4) is 5.75 Å². The Labute approximate surface area is 211 Å². The van der Waals surface area contributed by atoms with Crippen LogP contribution in [-0.4, -0.2) is 72.3 Å². The Morgan fingerprint density at radius 3 is 2.53 bits per heavy atom. The predicted octanol–water partition coefficient (Wildman–Crippen LogP) is 3.19. The Balaban J connectivity index is 1.73. The molecule has 186 valence electrons. The van der Waals surface area contributed by atoms with E-state index in [0.717, 1.165) is 5.56 Å². The van der Waals surface area contributed by atoms with Crippen LogP contribution in [0.1, 0.15) is 21.5 Å². The summed E-state index contributed by atoms with van der Waals surface area (Å²) < 4.78 is 21.6.